The first-order chi connectivity index (χ1) is 18.3. The summed E-state index contributed by atoms with van der Waals surface area (Å²) in [6.45, 7) is 1.63. The summed E-state index contributed by atoms with van der Waals surface area (Å²) in [6.07, 6.45) is 4.95. The number of aromatic nitrogens is 2. The second kappa shape index (κ2) is 10.7. The van der Waals surface area contributed by atoms with E-state index >= 15 is 0 Å². The second-order valence-corrected chi connectivity index (χ2v) is 9.36. The Kier molecular flexibility index (Phi) is 7.18. The number of rotatable bonds is 5. The van der Waals surface area contributed by atoms with Crippen LogP contribution >= 0.6 is 11.6 Å². The number of nitrogens with zero attached hydrogens (tertiary/aromatic N) is 4. The number of benzene rings is 2. The molecule has 4 aromatic rings. The number of amides is 1. The number of carbonyl (C=O) groups is 1. The molecule has 3 heterocycles. The summed E-state index contributed by atoms with van der Waals surface area (Å²) in [7, 11) is 0. The lowest BCUT2D eigenvalue weighted by Gasteiger charge is -2.27. The van der Waals surface area contributed by atoms with Crippen LogP contribution in [0.25, 0.3) is 17.0 Å². The lowest BCUT2D eigenvalue weighted by atomic mass is 10.0. The molecule has 5 rings (SSSR count). The molecule has 0 radical (unpaired) electrons. The lowest BCUT2D eigenvalue weighted by Crippen LogP contribution is -2.34. The van der Waals surface area contributed by atoms with E-state index in [-0.39, 0.29) is 23.2 Å². The summed E-state index contributed by atoms with van der Waals surface area (Å²) in [4.78, 5) is 18.9. The van der Waals surface area contributed by atoms with Gasteiger partial charge in [-0.2, -0.15) is 9.65 Å². The average Bonchev–Trinajstić information content (AvgIpc) is 3.22. The van der Waals surface area contributed by atoms with E-state index in [0.717, 1.165) is 28.8 Å². The van der Waals surface area contributed by atoms with Crippen molar-refractivity contribution in [2.75, 3.05) is 13.1 Å². The van der Waals surface area contributed by atoms with Crippen molar-refractivity contribution in [1.82, 2.24) is 19.8 Å². The van der Waals surface area contributed by atoms with Crippen LogP contribution in [0.2, 0.25) is 5.02 Å². The maximum absolute atomic E-state index is 14.1. The molecule has 10 heteroatoms. The molecule has 0 spiro atoms. The fraction of sp³-hybridized carbons (Fsp3) is 0.179. The topological polar surface area (TPSA) is 74.0 Å². The normalized spacial score (nSPS) is 13.6. The molecule has 6 nitrogen and oxygen atoms in total. The smallest absolute Gasteiger partial charge is 0.326 e. The van der Waals surface area contributed by atoms with Crippen molar-refractivity contribution in [3.05, 3.63) is 105 Å². The van der Waals surface area contributed by atoms with Crippen molar-refractivity contribution in [3.63, 3.8) is 0 Å². The molecule has 0 bridgehead atoms. The van der Waals surface area contributed by atoms with E-state index in [4.69, 9.17) is 11.6 Å². The number of nitrogens with one attached hydrogen (secondary N) is 1. The van der Waals surface area contributed by atoms with Gasteiger partial charge in [-0.15, -0.1) is 0 Å². The highest BCUT2D eigenvalue weighted by Crippen LogP contribution is 2.32. The summed E-state index contributed by atoms with van der Waals surface area (Å²) in [5.74, 6) is -2.10. The molecule has 2 aromatic heterocycles. The van der Waals surface area contributed by atoms with Crippen LogP contribution in [0.3, 0.4) is 0 Å². The summed E-state index contributed by atoms with van der Waals surface area (Å²) >= 11 is 5.70. The summed E-state index contributed by atoms with van der Waals surface area (Å²) in [5, 5.41) is 13.0. The molecule has 0 saturated heterocycles. The molecule has 2 aromatic carbocycles. The van der Waals surface area contributed by atoms with E-state index in [2.05, 4.69) is 21.3 Å². The van der Waals surface area contributed by atoms with Gasteiger partial charge in [-0.3, -0.25) is 9.47 Å². The fourth-order valence-electron chi connectivity index (χ4n) is 4.71. The molecule has 1 amide bonds. The van der Waals surface area contributed by atoms with E-state index in [9.17, 15) is 23.2 Å². The van der Waals surface area contributed by atoms with Gasteiger partial charge < -0.3 is 5.32 Å². The summed E-state index contributed by atoms with van der Waals surface area (Å²) < 4.78 is 43.3. The minimum atomic E-state index is -0.736. The Hall–Kier alpha value is -4.13. The van der Waals surface area contributed by atoms with Gasteiger partial charge in [0.15, 0.2) is 0 Å². The van der Waals surface area contributed by atoms with Gasteiger partial charge in [0, 0.05) is 60.5 Å². The quantitative estimate of drug-likeness (QED) is 0.327. The first-order valence-corrected chi connectivity index (χ1v) is 12.2. The number of nitriles is 1. The standard InChI is InChI=1S/C28H21ClF3N5O/c29-19-12-23(30)20(24(31)13-19)2-1-8-36-9-6-26-22(16-36)21-10-17(14-33)3-4-25(21)37(26)28(38)35-15-18-5-7-34-27(32)11-18/h1-5,7,10-13H,6,8-9,15-16H2,(H,35,38). The van der Waals surface area contributed by atoms with Crippen LogP contribution < -0.4 is 5.32 Å². The van der Waals surface area contributed by atoms with Crippen LogP contribution in [0, 0.1) is 28.9 Å². The molecular weight excluding hydrogens is 515 g/mol. The van der Waals surface area contributed by atoms with Crippen LogP contribution in [0.4, 0.5) is 18.0 Å². The van der Waals surface area contributed by atoms with Crippen molar-refractivity contribution in [2.45, 2.75) is 19.5 Å². The van der Waals surface area contributed by atoms with Gasteiger partial charge in [0.2, 0.25) is 5.95 Å². The van der Waals surface area contributed by atoms with E-state index in [1.54, 1.807) is 34.9 Å². The molecule has 1 aliphatic rings. The van der Waals surface area contributed by atoms with Gasteiger partial charge >= 0.3 is 6.03 Å². The van der Waals surface area contributed by atoms with Gasteiger partial charge in [-0.05, 0) is 53.6 Å². The van der Waals surface area contributed by atoms with Crippen LogP contribution in [-0.2, 0) is 19.5 Å². The molecular formula is C28H21ClF3N5O. The van der Waals surface area contributed by atoms with Gasteiger partial charge in [-0.1, -0.05) is 23.8 Å². The first kappa shape index (κ1) is 25.5. The molecule has 0 fully saturated rings. The van der Waals surface area contributed by atoms with Gasteiger partial charge in [0.1, 0.15) is 11.6 Å². The number of halogens is 4. The largest absolute Gasteiger partial charge is 0.333 e. The molecule has 0 saturated carbocycles. The second-order valence-electron chi connectivity index (χ2n) is 8.92. The number of pyridine rings is 1. The third-order valence-electron chi connectivity index (χ3n) is 6.49. The molecule has 0 aliphatic carbocycles. The van der Waals surface area contributed by atoms with E-state index < -0.39 is 17.6 Å². The third kappa shape index (κ3) is 5.14. The Balaban J connectivity index is 1.40. The van der Waals surface area contributed by atoms with Crippen LogP contribution in [0.5, 0.6) is 0 Å². The molecule has 1 aliphatic heterocycles. The van der Waals surface area contributed by atoms with Crippen LogP contribution in [0.15, 0.2) is 54.7 Å². The van der Waals surface area contributed by atoms with Crippen molar-refractivity contribution in [3.8, 4) is 6.07 Å². The van der Waals surface area contributed by atoms with E-state index in [1.165, 1.54) is 18.3 Å². The highest BCUT2D eigenvalue weighted by Gasteiger charge is 2.26. The van der Waals surface area contributed by atoms with Gasteiger partial charge in [0.25, 0.3) is 0 Å². The zero-order chi connectivity index (χ0) is 26.8. The zero-order valence-electron chi connectivity index (χ0n) is 20.0. The van der Waals surface area contributed by atoms with Crippen molar-refractivity contribution >= 4 is 34.6 Å². The lowest BCUT2D eigenvalue weighted by molar-refractivity contribution is 0.240. The summed E-state index contributed by atoms with van der Waals surface area (Å²) in [6, 6.07) is 12.0. The van der Waals surface area contributed by atoms with E-state index in [1.807, 2.05) is 0 Å². The van der Waals surface area contributed by atoms with Crippen LogP contribution in [-0.4, -0.2) is 33.6 Å². The Bertz CT molecular complexity index is 1600. The third-order valence-corrected chi connectivity index (χ3v) is 6.70. The molecule has 0 atom stereocenters. The Morgan fingerprint density at radius 3 is 2.68 bits per heavy atom. The minimum Gasteiger partial charge on any atom is -0.333 e. The Morgan fingerprint density at radius 1 is 1.16 bits per heavy atom. The maximum Gasteiger partial charge on any atom is 0.326 e. The molecule has 38 heavy (non-hydrogen) atoms. The Morgan fingerprint density at radius 2 is 1.95 bits per heavy atom. The minimum absolute atomic E-state index is 0.00850. The van der Waals surface area contributed by atoms with Gasteiger partial charge in [0.05, 0.1) is 17.1 Å². The number of hydrogen-bond acceptors (Lipinski definition) is 4. The number of carbonyl (C=O) groups excluding carboxylic acids is 1. The maximum atomic E-state index is 14.1. The average molecular weight is 536 g/mol. The predicted octanol–water partition coefficient (Wildman–Crippen LogP) is 5.81. The monoisotopic (exact) mass is 535 g/mol. The summed E-state index contributed by atoms with van der Waals surface area (Å²) in [5.41, 5.74) is 3.28. The Labute approximate surface area is 221 Å². The molecule has 0 unspecified atom stereocenters. The SMILES string of the molecule is N#Cc1ccc2c(c1)c1c(n2C(=O)NCc2ccnc(F)c2)CCN(CC=Cc2c(F)cc(Cl)cc2F)C1. The van der Waals surface area contributed by atoms with Crippen molar-refractivity contribution < 1.29 is 18.0 Å². The van der Waals surface area contributed by atoms with Crippen LogP contribution in [0.1, 0.15) is 27.9 Å². The van der Waals surface area contributed by atoms with Crippen molar-refractivity contribution in [1.29, 1.82) is 5.26 Å². The number of fused-ring (bicyclic) bond motifs is 3. The number of hydrogen-bond donors (Lipinski definition) is 1. The fourth-order valence-corrected chi connectivity index (χ4v) is 4.90. The van der Waals surface area contributed by atoms with Crippen molar-refractivity contribution in [2.24, 2.45) is 0 Å². The highest BCUT2D eigenvalue weighted by molar-refractivity contribution is 6.30. The zero-order valence-corrected chi connectivity index (χ0v) is 20.8. The highest BCUT2D eigenvalue weighted by atomic mass is 35.5. The van der Waals surface area contributed by atoms with E-state index in [0.29, 0.717) is 42.7 Å². The molecule has 1 N–H and O–H groups in total. The predicted molar refractivity (Wildman–Crippen MR) is 138 cm³/mol. The first-order valence-electron chi connectivity index (χ1n) is 11.8. The van der Waals surface area contributed by atoms with Gasteiger partial charge in [-0.25, -0.2) is 18.6 Å². The molecule has 192 valence electrons.